The Morgan fingerprint density at radius 2 is 1.94 bits per heavy atom. The molecule has 0 bridgehead atoms. The number of amides is 3. The molecule has 1 N–H and O–H groups in total. The smallest absolute Gasteiger partial charge is 0.321 e. The Hall–Kier alpha value is -2.36. The van der Waals surface area contributed by atoms with Crippen LogP contribution in [0.15, 0.2) is 35.6 Å². The Morgan fingerprint density at radius 3 is 2.75 bits per heavy atom. The van der Waals surface area contributed by atoms with Crippen molar-refractivity contribution in [3.63, 3.8) is 0 Å². The first kappa shape index (κ1) is 22.8. The van der Waals surface area contributed by atoms with Gasteiger partial charge < -0.3 is 15.1 Å². The maximum absolute atomic E-state index is 12.9. The van der Waals surface area contributed by atoms with Gasteiger partial charge in [0.15, 0.2) is 0 Å². The summed E-state index contributed by atoms with van der Waals surface area (Å²) in [7, 11) is 0. The Morgan fingerprint density at radius 1 is 1.16 bits per heavy atom. The summed E-state index contributed by atoms with van der Waals surface area (Å²) >= 11 is 9.10. The minimum atomic E-state index is -0.178. The van der Waals surface area contributed by atoms with E-state index in [1.807, 2.05) is 4.90 Å². The molecule has 0 unspecified atom stereocenters. The molecule has 7 nitrogen and oxygen atoms in total. The molecule has 0 aliphatic carbocycles. The molecular weight excluding hydrogens is 466 g/mol. The number of halogens is 1. The molecule has 1 aliphatic heterocycles. The summed E-state index contributed by atoms with van der Waals surface area (Å²) in [5.41, 5.74) is 1.84. The van der Waals surface area contributed by atoms with Crippen LogP contribution in [-0.4, -0.2) is 63.6 Å². The maximum Gasteiger partial charge on any atom is 0.321 e. The highest BCUT2D eigenvalue weighted by Crippen LogP contribution is 2.34. The van der Waals surface area contributed by atoms with E-state index in [2.05, 4.69) is 29.1 Å². The fourth-order valence-electron chi connectivity index (χ4n) is 3.62. The summed E-state index contributed by atoms with van der Waals surface area (Å²) in [5, 5.41) is 5.35. The van der Waals surface area contributed by atoms with E-state index < -0.39 is 0 Å². The maximum atomic E-state index is 12.9. The van der Waals surface area contributed by atoms with Crippen molar-refractivity contribution in [3.8, 4) is 0 Å². The van der Waals surface area contributed by atoms with Crippen LogP contribution in [0.4, 0.5) is 10.5 Å². The molecule has 1 fully saturated rings. The van der Waals surface area contributed by atoms with Crippen LogP contribution in [0.2, 0.25) is 5.02 Å². The SMILES string of the molecule is Cc1sc2ncnc(SCC(=O)N3CCCN(C(=O)Nc4cccc(Cl)c4)CC3)c2c1C. The molecule has 0 radical (unpaired) electrons. The molecule has 4 rings (SSSR count). The van der Waals surface area contributed by atoms with Gasteiger partial charge in [0.2, 0.25) is 5.91 Å². The molecule has 3 amide bonds. The van der Waals surface area contributed by atoms with E-state index in [-0.39, 0.29) is 11.9 Å². The average Bonchev–Trinajstić information content (AvgIpc) is 2.94. The monoisotopic (exact) mass is 489 g/mol. The zero-order valence-corrected chi connectivity index (χ0v) is 20.3. The zero-order chi connectivity index (χ0) is 22.7. The zero-order valence-electron chi connectivity index (χ0n) is 17.9. The van der Waals surface area contributed by atoms with Gasteiger partial charge >= 0.3 is 6.03 Å². The van der Waals surface area contributed by atoms with Crippen LogP contribution in [0.5, 0.6) is 0 Å². The van der Waals surface area contributed by atoms with Crippen molar-refractivity contribution in [1.29, 1.82) is 0 Å². The standard InChI is InChI=1S/C22H24ClN5O2S2/c1-14-15(2)32-21-19(14)20(24-13-25-21)31-12-18(29)27-7-4-8-28(10-9-27)22(30)26-17-6-3-5-16(23)11-17/h3,5-6,11,13H,4,7-10,12H2,1-2H3,(H,26,30). The Balaban J connectivity index is 1.33. The summed E-state index contributed by atoms with van der Waals surface area (Å²) in [6.07, 6.45) is 2.30. The van der Waals surface area contributed by atoms with Crippen LogP contribution in [-0.2, 0) is 4.79 Å². The number of carbonyl (C=O) groups excluding carboxylic acids is 2. The van der Waals surface area contributed by atoms with Crippen molar-refractivity contribution in [2.24, 2.45) is 0 Å². The number of anilines is 1. The van der Waals surface area contributed by atoms with Gasteiger partial charge in [0.1, 0.15) is 16.2 Å². The molecule has 3 aromatic rings. The highest BCUT2D eigenvalue weighted by atomic mass is 35.5. The third-order valence-corrected chi connectivity index (χ3v) is 7.80. The number of benzene rings is 1. The minimum absolute atomic E-state index is 0.0588. The first-order valence-corrected chi connectivity index (χ1v) is 12.5. The predicted molar refractivity (Wildman–Crippen MR) is 131 cm³/mol. The van der Waals surface area contributed by atoms with E-state index >= 15 is 0 Å². The van der Waals surface area contributed by atoms with E-state index in [1.165, 1.54) is 22.2 Å². The summed E-state index contributed by atoms with van der Waals surface area (Å²) in [6, 6.07) is 6.89. The molecule has 0 atom stereocenters. The molecule has 2 aromatic heterocycles. The molecule has 3 heterocycles. The fraction of sp³-hybridized carbons (Fsp3) is 0.364. The molecule has 168 valence electrons. The minimum Gasteiger partial charge on any atom is -0.340 e. The second-order valence-corrected chi connectivity index (χ2v) is 10.2. The van der Waals surface area contributed by atoms with Crippen molar-refractivity contribution in [1.82, 2.24) is 19.8 Å². The molecule has 1 saturated heterocycles. The Labute approximate surface area is 200 Å². The second-order valence-electron chi connectivity index (χ2n) is 7.59. The van der Waals surface area contributed by atoms with Gasteiger partial charge in [0.25, 0.3) is 0 Å². The van der Waals surface area contributed by atoms with Gasteiger partial charge in [0.05, 0.1) is 5.75 Å². The average molecular weight is 490 g/mol. The van der Waals surface area contributed by atoms with E-state index in [9.17, 15) is 9.59 Å². The van der Waals surface area contributed by atoms with Crippen molar-refractivity contribution in [3.05, 3.63) is 46.1 Å². The van der Waals surface area contributed by atoms with E-state index in [1.54, 1.807) is 46.8 Å². The van der Waals surface area contributed by atoms with Gasteiger partial charge in [-0.25, -0.2) is 14.8 Å². The lowest BCUT2D eigenvalue weighted by Crippen LogP contribution is -2.39. The Bertz CT molecular complexity index is 1150. The van der Waals surface area contributed by atoms with Crippen LogP contribution >= 0.6 is 34.7 Å². The van der Waals surface area contributed by atoms with Crippen LogP contribution in [0.25, 0.3) is 10.2 Å². The van der Waals surface area contributed by atoms with Crippen molar-refractivity contribution in [2.75, 3.05) is 37.2 Å². The first-order valence-electron chi connectivity index (χ1n) is 10.3. The first-order chi connectivity index (χ1) is 15.4. The number of fused-ring (bicyclic) bond motifs is 1. The number of hydrogen-bond acceptors (Lipinski definition) is 6. The lowest BCUT2D eigenvalue weighted by molar-refractivity contribution is -0.128. The number of thioether (sulfide) groups is 1. The predicted octanol–water partition coefficient (Wildman–Crippen LogP) is 4.82. The summed E-state index contributed by atoms with van der Waals surface area (Å²) in [4.78, 5) is 40.0. The van der Waals surface area contributed by atoms with E-state index in [0.29, 0.717) is 42.6 Å². The third-order valence-electron chi connectivity index (χ3n) is 5.47. The molecule has 0 spiro atoms. The summed E-state index contributed by atoms with van der Waals surface area (Å²) in [5.74, 6) is 0.373. The number of rotatable bonds is 4. The summed E-state index contributed by atoms with van der Waals surface area (Å²) in [6.45, 7) is 6.38. The highest BCUT2D eigenvalue weighted by Gasteiger charge is 2.23. The van der Waals surface area contributed by atoms with Gasteiger partial charge in [-0.05, 0) is 44.0 Å². The summed E-state index contributed by atoms with van der Waals surface area (Å²) < 4.78 is 0. The number of carbonyl (C=O) groups is 2. The topological polar surface area (TPSA) is 78.4 Å². The largest absolute Gasteiger partial charge is 0.340 e. The van der Waals surface area contributed by atoms with Crippen molar-refractivity contribution < 1.29 is 9.59 Å². The van der Waals surface area contributed by atoms with E-state index in [0.717, 1.165) is 21.7 Å². The Kier molecular flexibility index (Phi) is 7.17. The lowest BCUT2D eigenvalue weighted by Gasteiger charge is -2.22. The van der Waals surface area contributed by atoms with Gasteiger partial charge in [0, 0.05) is 47.2 Å². The van der Waals surface area contributed by atoms with Crippen LogP contribution in [0.1, 0.15) is 16.9 Å². The molecule has 10 heteroatoms. The molecule has 1 aromatic carbocycles. The number of aromatic nitrogens is 2. The normalized spacial score (nSPS) is 14.5. The number of urea groups is 1. The van der Waals surface area contributed by atoms with E-state index in [4.69, 9.17) is 11.6 Å². The quantitative estimate of drug-likeness (QED) is 0.420. The van der Waals surface area contributed by atoms with Crippen LogP contribution in [0.3, 0.4) is 0 Å². The third kappa shape index (κ3) is 5.16. The van der Waals surface area contributed by atoms with Gasteiger partial charge in [-0.1, -0.05) is 29.4 Å². The van der Waals surface area contributed by atoms with Gasteiger partial charge in [-0.3, -0.25) is 4.79 Å². The molecule has 1 aliphatic rings. The number of thiophene rings is 1. The van der Waals surface area contributed by atoms with Crippen LogP contribution in [0, 0.1) is 13.8 Å². The number of hydrogen-bond donors (Lipinski definition) is 1. The van der Waals surface area contributed by atoms with Gasteiger partial charge in [-0.15, -0.1) is 11.3 Å². The highest BCUT2D eigenvalue weighted by molar-refractivity contribution is 8.00. The number of nitrogens with zero attached hydrogens (tertiary/aromatic N) is 4. The number of aryl methyl sites for hydroxylation is 2. The van der Waals surface area contributed by atoms with Crippen molar-refractivity contribution >= 4 is 62.5 Å². The fourth-order valence-corrected chi connectivity index (χ4v) is 5.83. The van der Waals surface area contributed by atoms with Gasteiger partial charge in [-0.2, -0.15) is 0 Å². The second kappa shape index (κ2) is 10.1. The number of nitrogens with one attached hydrogen (secondary N) is 1. The lowest BCUT2D eigenvalue weighted by atomic mass is 10.2. The molecule has 32 heavy (non-hydrogen) atoms. The molecule has 0 saturated carbocycles. The molecular formula is C22H24ClN5O2S2. The van der Waals surface area contributed by atoms with Crippen LogP contribution < -0.4 is 5.32 Å². The van der Waals surface area contributed by atoms with Crippen molar-refractivity contribution in [2.45, 2.75) is 25.3 Å².